The van der Waals surface area contributed by atoms with Crippen molar-refractivity contribution < 1.29 is 23.1 Å². The predicted octanol–water partition coefficient (Wildman–Crippen LogP) is 1.42. The van der Waals surface area contributed by atoms with Crippen LogP contribution in [0.25, 0.3) is 0 Å². The first-order chi connectivity index (χ1) is 9.86. The highest BCUT2D eigenvalue weighted by Crippen LogP contribution is 2.29. The third kappa shape index (κ3) is 3.45. The number of aliphatic hydroxyl groups excluding tert-OH is 1. The Morgan fingerprint density at radius 1 is 1.43 bits per heavy atom. The van der Waals surface area contributed by atoms with E-state index in [0.717, 1.165) is 24.2 Å². The average molecular weight is 333 g/mol. The highest BCUT2D eigenvalue weighted by atomic mass is 32.2. The molecular weight excluding hydrogens is 314 g/mol. The van der Waals surface area contributed by atoms with Gasteiger partial charge < -0.3 is 9.84 Å². The fraction of sp³-hybridized carbons (Fsp3) is 0.615. The number of hydrogen-bond acceptors (Lipinski definition) is 6. The van der Waals surface area contributed by atoms with Crippen LogP contribution in [-0.4, -0.2) is 38.7 Å². The first-order valence-corrected chi connectivity index (χ1v) is 9.10. The van der Waals surface area contributed by atoms with E-state index in [2.05, 4.69) is 9.46 Å². The Hall–Kier alpha value is -0.960. The molecule has 1 aliphatic rings. The summed E-state index contributed by atoms with van der Waals surface area (Å²) in [4.78, 5) is 11.7. The maximum absolute atomic E-state index is 12.5. The Morgan fingerprint density at radius 2 is 2.10 bits per heavy atom. The largest absolute Gasteiger partial charge is 0.465 e. The van der Waals surface area contributed by atoms with Gasteiger partial charge >= 0.3 is 5.97 Å². The lowest BCUT2D eigenvalue weighted by Crippen LogP contribution is -2.45. The van der Waals surface area contributed by atoms with Crippen molar-refractivity contribution in [2.45, 2.75) is 49.6 Å². The SMILES string of the molecule is COC(=O)c1scc(C)c1S(=O)(=O)N[C@H]1CCCC[C@@H]1O. The molecule has 118 valence electrons. The van der Waals surface area contributed by atoms with Crippen LogP contribution in [0, 0.1) is 6.92 Å². The van der Waals surface area contributed by atoms with Crippen LogP contribution in [0.15, 0.2) is 10.3 Å². The third-order valence-corrected chi connectivity index (χ3v) is 6.48. The van der Waals surface area contributed by atoms with Gasteiger partial charge in [0.25, 0.3) is 0 Å². The van der Waals surface area contributed by atoms with Crippen molar-refractivity contribution in [3.05, 3.63) is 15.8 Å². The molecule has 0 spiro atoms. The summed E-state index contributed by atoms with van der Waals surface area (Å²) in [5, 5.41) is 11.5. The second kappa shape index (κ2) is 6.43. The number of thiophene rings is 1. The summed E-state index contributed by atoms with van der Waals surface area (Å²) in [6.07, 6.45) is 2.26. The van der Waals surface area contributed by atoms with Crippen molar-refractivity contribution in [3.8, 4) is 0 Å². The first kappa shape index (κ1) is 16.4. The minimum absolute atomic E-state index is 0.0443. The molecule has 2 atom stereocenters. The molecule has 0 unspecified atom stereocenters. The molecule has 1 aromatic heterocycles. The topological polar surface area (TPSA) is 92.7 Å². The minimum Gasteiger partial charge on any atom is -0.465 e. The summed E-state index contributed by atoms with van der Waals surface area (Å²) in [5.41, 5.74) is 0.498. The first-order valence-electron chi connectivity index (χ1n) is 6.73. The van der Waals surface area contributed by atoms with E-state index in [1.165, 1.54) is 7.11 Å². The molecule has 0 amide bonds. The van der Waals surface area contributed by atoms with Crippen LogP contribution in [0.1, 0.15) is 40.9 Å². The van der Waals surface area contributed by atoms with Crippen molar-refractivity contribution in [2.75, 3.05) is 7.11 Å². The Morgan fingerprint density at radius 3 is 2.71 bits per heavy atom. The standard InChI is InChI=1S/C13H19NO5S2/c1-8-7-20-11(13(16)19-2)12(8)21(17,18)14-9-5-3-4-6-10(9)15/h7,9-10,14-15H,3-6H2,1-2H3/t9-,10-/m0/s1. The average Bonchev–Trinajstić information content (AvgIpc) is 2.83. The number of sulfonamides is 1. The van der Waals surface area contributed by atoms with Gasteiger partial charge in [-0.1, -0.05) is 12.8 Å². The Bertz CT molecular complexity index is 623. The van der Waals surface area contributed by atoms with Gasteiger partial charge in [0, 0.05) is 6.04 Å². The molecule has 2 rings (SSSR count). The van der Waals surface area contributed by atoms with Crippen molar-refractivity contribution >= 4 is 27.3 Å². The highest BCUT2D eigenvalue weighted by Gasteiger charge is 2.32. The smallest absolute Gasteiger partial charge is 0.349 e. The zero-order chi connectivity index (χ0) is 15.6. The third-order valence-electron chi connectivity index (χ3n) is 3.59. The Kier molecular flexibility index (Phi) is 5.03. The molecule has 0 aromatic carbocycles. The molecule has 1 fully saturated rings. The zero-order valence-electron chi connectivity index (χ0n) is 12.0. The number of carbonyl (C=O) groups is 1. The quantitative estimate of drug-likeness (QED) is 0.813. The Balaban J connectivity index is 2.31. The lowest BCUT2D eigenvalue weighted by atomic mass is 9.93. The molecule has 1 saturated carbocycles. The van der Waals surface area contributed by atoms with Gasteiger partial charge in [0.2, 0.25) is 10.0 Å². The van der Waals surface area contributed by atoms with E-state index in [9.17, 15) is 18.3 Å². The van der Waals surface area contributed by atoms with E-state index in [1.54, 1.807) is 12.3 Å². The monoisotopic (exact) mass is 333 g/mol. The van der Waals surface area contributed by atoms with E-state index >= 15 is 0 Å². The zero-order valence-corrected chi connectivity index (χ0v) is 13.6. The van der Waals surface area contributed by atoms with Crippen LogP contribution < -0.4 is 4.72 Å². The van der Waals surface area contributed by atoms with E-state index in [0.29, 0.717) is 18.4 Å². The second-order valence-electron chi connectivity index (χ2n) is 5.15. The van der Waals surface area contributed by atoms with E-state index in [1.807, 2.05) is 0 Å². The molecule has 8 heteroatoms. The Labute approximate surface area is 128 Å². The number of hydrogen-bond donors (Lipinski definition) is 2. The summed E-state index contributed by atoms with van der Waals surface area (Å²) < 4.78 is 32.2. The molecule has 2 N–H and O–H groups in total. The highest BCUT2D eigenvalue weighted by molar-refractivity contribution is 7.89. The fourth-order valence-corrected chi connectivity index (χ4v) is 5.52. The normalized spacial score (nSPS) is 23.0. The fourth-order valence-electron chi connectivity index (χ4n) is 2.51. The van der Waals surface area contributed by atoms with E-state index < -0.39 is 28.1 Å². The van der Waals surface area contributed by atoms with E-state index in [4.69, 9.17) is 0 Å². The van der Waals surface area contributed by atoms with Crippen LogP contribution in [0.5, 0.6) is 0 Å². The van der Waals surface area contributed by atoms with Crippen LogP contribution in [0.2, 0.25) is 0 Å². The summed E-state index contributed by atoms with van der Waals surface area (Å²) in [6, 6.07) is -0.506. The molecule has 1 aliphatic carbocycles. The predicted molar refractivity (Wildman–Crippen MR) is 79.0 cm³/mol. The summed E-state index contributed by atoms with van der Waals surface area (Å²) in [7, 11) is -2.65. The van der Waals surface area contributed by atoms with Gasteiger partial charge in [-0.2, -0.15) is 0 Å². The molecule has 1 aromatic rings. The maximum atomic E-state index is 12.5. The van der Waals surface area contributed by atoms with Gasteiger partial charge in [0.1, 0.15) is 9.77 Å². The van der Waals surface area contributed by atoms with Gasteiger partial charge in [-0.3, -0.25) is 0 Å². The minimum atomic E-state index is -3.87. The van der Waals surface area contributed by atoms with Crippen molar-refractivity contribution in [1.82, 2.24) is 4.72 Å². The van der Waals surface area contributed by atoms with Crippen molar-refractivity contribution in [2.24, 2.45) is 0 Å². The molecule has 6 nitrogen and oxygen atoms in total. The molecule has 21 heavy (non-hydrogen) atoms. The van der Waals surface area contributed by atoms with Crippen LogP contribution >= 0.6 is 11.3 Å². The van der Waals surface area contributed by atoms with Gasteiger partial charge in [-0.15, -0.1) is 11.3 Å². The summed E-state index contributed by atoms with van der Waals surface area (Å²) in [6.45, 7) is 1.63. The lowest BCUT2D eigenvalue weighted by Gasteiger charge is -2.28. The number of esters is 1. The number of carbonyl (C=O) groups excluding carboxylic acids is 1. The molecule has 0 aliphatic heterocycles. The number of rotatable bonds is 4. The van der Waals surface area contributed by atoms with Gasteiger partial charge in [-0.25, -0.2) is 17.9 Å². The molecule has 1 heterocycles. The number of aliphatic hydroxyl groups is 1. The van der Waals surface area contributed by atoms with Crippen LogP contribution in [-0.2, 0) is 14.8 Å². The van der Waals surface area contributed by atoms with Gasteiger partial charge in [0.15, 0.2) is 0 Å². The molecular formula is C13H19NO5S2. The summed E-state index contributed by atoms with van der Waals surface area (Å²) >= 11 is 1.04. The van der Waals surface area contributed by atoms with E-state index in [-0.39, 0.29) is 9.77 Å². The number of ether oxygens (including phenoxy) is 1. The maximum Gasteiger partial charge on any atom is 0.349 e. The van der Waals surface area contributed by atoms with Crippen LogP contribution in [0.4, 0.5) is 0 Å². The molecule has 0 radical (unpaired) electrons. The second-order valence-corrected chi connectivity index (χ2v) is 7.68. The van der Waals surface area contributed by atoms with Gasteiger partial charge in [0.05, 0.1) is 13.2 Å². The molecule has 0 bridgehead atoms. The lowest BCUT2D eigenvalue weighted by molar-refractivity contribution is 0.0602. The van der Waals surface area contributed by atoms with Crippen LogP contribution in [0.3, 0.4) is 0 Å². The van der Waals surface area contributed by atoms with Crippen molar-refractivity contribution in [3.63, 3.8) is 0 Å². The number of methoxy groups -OCH3 is 1. The number of nitrogens with one attached hydrogen (secondary N) is 1. The van der Waals surface area contributed by atoms with Gasteiger partial charge in [-0.05, 0) is 30.7 Å². The summed E-state index contributed by atoms with van der Waals surface area (Å²) in [5.74, 6) is -0.669. The van der Waals surface area contributed by atoms with Crippen molar-refractivity contribution in [1.29, 1.82) is 0 Å². The molecule has 0 saturated heterocycles. The number of aryl methyl sites for hydroxylation is 1.